The van der Waals surface area contributed by atoms with Gasteiger partial charge in [-0.05, 0) is 86.5 Å². The Labute approximate surface area is 207 Å². The third-order valence-electron chi connectivity index (χ3n) is 8.31. The quantitative estimate of drug-likeness (QED) is 0.410. The van der Waals surface area contributed by atoms with E-state index in [0.29, 0.717) is 25.2 Å². The first-order valence-electron chi connectivity index (χ1n) is 12.7. The van der Waals surface area contributed by atoms with E-state index in [1.807, 2.05) is 68.4 Å². The molecule has 2 aromatic rings. The second-order valence-corrected chi connectivity index (χ2v) is 11.3. The van der Waals surface area contributed by atoms with Crippen LogP contribution in [0.1, 0.15) is 62.6 Å². The molecule has 4 fully saturated rings. The molecule has 184 valence electrons. The molecule has 35 heavy (non-hydrogen) atoms. The molecule has 0 aromatic heterocycles. The van der Waals surface area contributed by atoms with Crippen LogP contribution in [0.4, 0.5) is 4.39 Å². The van der Waals surface area contributed by atoms with Gasteiger partial charge in [0, 0.05) is 12.1 Å². The van der Waals surface area contributed by atoms with Crippen LogP contribution in [-0.2, 0) is 26.3 Å². The summed E-state index contributed by atoms with van der Waals surface area (Å²) in [6.45, 7) is 4.07. The molecule has 4 aliphatic carbocycles. The SMILES string of the molecule is CC(C)(C(=O)NC1C2CC3C[C@H]1CC(F)(C3)C2)c1cccc(/C=C/C(=O)OCc2ccccc2)c1. The molecule has 4 unspecified atom stereocenters. The number of ether oxygens (including phenoxy) is 1. The van der Waals surface area contributed by atoms with Gasteiger partial charge in [-0.1, -0.05) is 54.6 Å². The molecule has 2 aromatic carbocycles. The standard InChI is InChI=1S/C30H34FNO3/c1-29(2,28(34)32-27-23-13-22-14-24(27)18-30(31,16-22)17-23)25-10-6-9-20(15-25)11-12-26(33)35-19-21-7-4-3-5-8-21/h3-12,15,22-24,27H,13-14,16-19H2,1-2H3,(H,32,34)/b12-11+/t22?,23-,24?,27?,30?/m0/s1. The summed E-state index contributed by atoms with van der Waals surface area (Å²) in [6, 6.07) is 17.3. The van der Waals surface area contributed by atoms with Gasteiger partial charge in [-0.15, -0.1) is 0 Å². The van der Waals surface area contributed by atoms with E-state index >= 15 is 4.39 Å². The smallest absolute Gasteiger partial charge is 0.331 e. The number of amides is 1. The number of alkyl halides is 1. The lowest BCUT2D eigenvalue weighted by Gasteiger charge is -2.57. The van der Waals surface area contributed by atoms with Crippen molar-refractivity contribution in [2.75, 3.05) is 0 Å². The van der Waals surface area contributed by atoms with Crippen LogP contribution >= 0.6 is 0 Å². The number of benzene rings is 2. The number of hydrogen-bond donors (Lipinski definition) is 1. The van der Waals surface area contributed by atoms with Crippen molar-refractivity contribution in [3.05, 3.63) is 77.4 Å². The average Bonchev–Trinajstić information content (AvgIpc) is 2.83. The van der Waals surface area contributed by atoms with Crippen molar-refractivity contribution in [3.8, 4) is 0 Å². The molecule has 4 nitrogen and oxygen atoms in total. The van der Waals surface area contributed by atoms with Gasteiger partial charge < -0.3 is 10.1 Å². The van der Waals surface area contributed by atoms with E-state index in [4.69, 9.17) is 4.74 Å². The number of hydrogen-bond acceptors (Lipinski definition) is 3. The summed E-state index contributed by atoms with van der Waals surface area (Å²) >= 11 is 0. The molecule has 0 saturated heterocycles. The van der Waals surface area contributed by atoms with E-state index in [2.05, 4.69) is 5.32 Å². The van der Waals surface area contributed by atoms with Gasteiger partial charge >= 0.3 is 5.97 Å². The maximum absolute atomic E-state index is 15.1. The normalized spacial score (nSPS) is 29.3. The number of carbonyl (C=O) groups excluding carboxylic acids is 2. The zero-order chi connectivity index (χ0) is 24.6. The molecule has 4 saturated carbocycles. The average molecular weight is 476 g/mol. The van der Waals surface area contributed by atoms with Crippen molar-refractivity contribution >= 4 is 18.0 Å². The maximum atomic E-state index is 15.1. The van der Waals surface area contributed by atoms with Gasteiger partial charge in [0.05, 0.1) is 5.41 Å². The fourth-order valence-electron chi connectivity index (χ4n) is 6.60. The van der Waals surface area contributed by atoms with E-state index < -0.39 is 17.1 Å². The minimum Gasteiger partial charge on any atom is -0.458 e. The predicted octanol–water partition coefficient (Wildman–Crippen LogP) is 5.75. The summed E-state index contributed by atoms with van der Waals surface area (Å²) in [5.41, 5.74) is 0.884. The van der Waals surface area contributed by atoms with Crippen molar-refractivity contribution in [2.24, 2.45) is 17.8 Å². The predicted molar refractivity (Wildman–Crippen MR) is 134 cm³/mol. The molecule has 4 aliphatic rings. The fourth-order valence-corrected chi connectivity index (χ4v) is 6.60. The molecular formula is C30H34FNO3. The van der Waals surface area contributed by atoms with Crippen LogP contribution < -0.4 is 5.32 Å². The molecular weight excluding hydrogens is 441 g/mol. The van der Waals surface area contributed by atoms with Gasteiger partial charge in [-0.2, -0.15) is 0 Å². The second-order valence-electron chi connectivity index (χ2n) is 11.3. The molecule has 1 amide bonds. The molecule has 4 bridgehead atoms. The van der Waals surface area contributed by atoms with E-state index in [9.17, 15) is 9.59 Å². The summed E-state index contributed by atoms with van der Waals surface area (Å²) in [5.74, 6) is 0.556. The van der Waals surface area contributed by atoms with E-state index in [0.717, 1.165) is 29.5 Å². The molecule has 0 aliphatic heterocycles. The van der Waals surface area contributed by atoms with Gasteiger partial charge in [0.2, 0.25) is 5.91 Å². The third-order valence-corrected chi connectivity index (χ3v) is 8.31. The van der Waals surface area contributed by atoms with Crippen LogP contribution in [0.5, 0.6) is 0 Å². The highest BCUT2D eigenvalue weighted by Crippen LogP contribution is 2.57. The Morgan fingerprint density at radius 2 is 1.77 bits per heavy atom. The molecule has 0 heterocycles. The Bertz CT molecular complexity index is 1110. The molecule has 6 rings (SSSR count). The molecule has 0 radical (unpaired) electrons. The molecule has 5 heteroatoms. The van der Waals surface area contributed by atoms with Crippen molar-refractivity contribution in [1.82, 2.24) is 5.32 Å². The summed E-state index contributed by atoms with van der Waals surface area (Å²) in [5, 5.41) is 3.32. The Morgan fingerprint density at radius 1 is 1.06 bits per heavy atom. The lowest BCUT2D eigenvalue weighted by atomic mass is 9.53. The fraction of sp³-hybridized carbons (Fsp3) is 0.467. The Balaban J connectivity index is 1.22. The van der Waals surface area contributed by atoms with Crippen LogP contribution in [-0.4, -0.2) is 23.6 Å². The first-order chi connectivity index (χ1) is 16.7. The number of carbonyl (C=O) groups is 2. The maximum Gasteiger partial charge on any atom is 0.331 e. The van der Waals surface area contributed by atoms with Crippen LogP contribution in [0.2, 0.25) is 0 Å². The highest BCUT2D eigenvalue weighted by Gasteiger charge is 2.56. The van der Waals surface area contributed by atoms with Gasteiger partial charge in [0.15, 0.2) is 0 Å². The third kappa shape index (κ3) is 5.05. The largest absolute Gasteiger partial charge is 0.458 e. The lowest BCUT2D eigenvalue weighted by Crippen LogP contribution is -2.61. The topological polar surface area (TPSA) is 55.4 Å². The first kappa shape index (κ1) is 23.8. The summed E-state index contributed by atoms with van der Waals surface area (Å²) < 4.78 is 20.4. The highest BCUT2D eigenvalue weighted by atomic mass is 19.1. The lowest BCUT2D eigenvalue weighted by molar-refractivity contribution is -0.139. The van der Waals surface area contributed by atoms with E-state index in [1.54, 1.807) is 6.08 Å². The van der Waals surface area contributed by atoms with Crippen molar-refractivity contribution in [1.29, 1.82) is 0 Å². The minimum atomic E-state index is -1.00. The van der Waals surface area contributed by atoms with Gasteiger partial charge in [-0.25, -0.2) is 9.18 Å². The first-order valence-corrected chi connectivity index (χ1v) is 12.7. The number of nitrogens with one attached hydrogen (secondary N) is 1. The zero-order valence-corrected chi connectivity index (χ0v) is 20.5. The zero-order valence-electron chi connectivity index (χ0n) is 20.5. The summed E-state index contributed by atoms with van der Waals surface area (Å²) in [4.78, 5) is 25.6. The Hall–Kier alpha value is -2.95. The minimum absolute atomic E-state index is 0.0220. The number of esters is 1. The van der Waals surface area contributed by atoms with E-state index in [1.165, 1.54) is 6.08 Å². The number of halogens is 1. The monoisotopic (exact) mass is 475 g/mol. The second kappa shape index (κ2) is 9.25. The van der Waals surface area contributed by atoms with Crippen molar-refractivity contribution < 1.29 is 18.7 Å². The summed E-state index contributed by atoms with van der Waals surface area (Å²) in [7, 11) is 0. The van der Waals surface area contributed by atoms with Crippen molar-refractivity contribution in [2.45, 2.75) is 69.7 Å². The Morgan fingerprint density at radius 3 is 2.46 bits per heavy atom. The van der Waals surface area contributed by atoms with Crippen LogP contribution in [0.25, 0.3) is 6.08 Å². The molecule has 1 N–H and O–H groups in total. The van der Waals surface area contributed by atoms with Crippen LogP contribution in [0.3, 0.4) is 0 Å². The summed E-state index contributed by atoms with van der Waals surface area (Å²) in [6.07, 6.45) is 7.09. The highest BCUT2D eigenvalue weighted by molar-refractivity contribution is 5.89. The Kier molecular flexibility index (Phi) is 6.29. The van der Waals surface area contributed by atoms with Gasteiger partial charge in [-0.3, -0.25) is 4.79 Å². The van der Waals surface area contributed by atoms with Gasteiger partial charge in [0.25, 0.3) is 0 Å². The molecule has 5 atom stereocenters. The van der Waals surface area contributed by atoms with E-state index in [-0.39, 0.29) is 30.4 Å². The van der Waals surface area contributed by atoms with Crippen LogP contribution in [0.15, 0.2) is 60.7 Å². The van der Waals surface area contributed by atoms with Crippen molar-refractivity contribution in [3.63, 3.8) is 0 Å². The number of rotatable bonds is 7. The van der Waals surface area contributed by atoms with Crippen LogP contribution in [0, 0.1) is 17.8 Å². The molecule has 0 spiro atoms. The van der Waals surface area contributed by atoms with Gasteiger partial charge in [0.1, 0.15) is 12.3 Å².